The summed E-state index contributed by atoms with van der Waals surface area (Å²) in [6, 6.07) is 9.25. The molecule has 142 valence electrons. The van der Waals surface area contributed by atoms with Gasteiger partial charge < -0.3 is 14.7 Å². The summed E-state index contributed by atoms with van der Waals surface area (Å²) in [6.45, 7) is 1.13. The van der Waals surface area contributed by atoms with Crippen molar-refractivity contribution in [2.45, 2.75) is 38.4 Å². The van der Waals surface area contributed by atoms with Crippen LogP contribution in [0.3, 0.4) is 0 Å². The van der Waals surface area contributed by atoms with Crippen molar-refractivity contribution in [2.24, 2.45) is 0 Å². The number of imidazole rings is 1. The summed E-state index contributed by atoms with van der Waals surface area (Å²) in [6.07, 6.45) is 5.36. The van der Waals surface area contributed by atoms with Crippen LogP contribution in [0.25, 0.3) is 11.4 Å². The van der Waals surface area contributed by atoms with E-state index >= 15 is 0 Å². The van der Waals surface area contributed by atoms with Gasteiger partial charge in [0.15, 0.2) is 10.6 Å². The number of nitrogens with zero attached hydrogens (tertiary/aromatic N) is 3. The Hall–Kier alpha value is -2.78. The zero-order valence-corrected chi connectivity index (χ0v) is 15.6. The highest BCUT2D eigenvalue weighted by Gasteiger charge is 2.16. The molecule has 8 nitrogen and oxygen atoms in total. The number of aromatic amines is 2. The van der Waals surface area contributed by atoms with E-state index in [0.717, 1.165) is 29.9 Å². The number of carboxylic acids is 1. The number of aromatic nitrogens is 5. The number of carbonyl (C=O) groups is 1. The first-order chi connectivity index (χ1) is 13.1. The highest BCUT2D eigenvalue weighted by atomic mass is 32.1. The van der Waals surface area contributed by atoms with Crippen molar-refractivity contribution in [3.63, 3.8) is 0 Å². The van der Waals surface area contributed by atoms with Crippen LogP contribution < -0.4 is 5.32 Å². The fourth-order valence-electron chi connectivity index (χ4n) is 2.88. The van der Waals surface area contributed by atoms with Crippen LogP contribution in [0.1, 0.15) is 25.0 Å². The maximum atomic E-state index is 11.4. The lowest BCUT2D eigenvalue weighted by atomic mass is 10.1. The summed E-state index contributed by atoms with van der Waals surface area (Å²) >= 11 is 5.33. The Morgan fingerprint density at radius 3 is 2.81 bits per heavy atom. The normalized spacial score (nSPS) is 12.1. The third-order valence-electron chi connectivity index (χ3n) is 4.31. The maximum Gasteiger partial charge on any atom is 0.320 e. The van der Waals surface area contributed by atoms with Gasteiger partial charge in [-0.05, 0) is 31.5 Å². The summed E-state index contributed by atoms with van der Waals surface area (Å²) in [5.41, 5.74) is 1.85. The number of unbranched alkanes of at least 4 members (excludes halogenated alkanes) is 1. The molecule has 0 unspecified atom stereocenters. The minimum absolute atomic E-state index is 0.446. The van der Waals surface area contributed by atoms with E-state index < -0.39 is 12.0 Å². The molecule has 2 aromatic heterocycles. The third-order valence-corrected chi connectivity index (χ3v) is 4.62. The quantitative estimate of drug-likeness (QED) is 0.315. The smallest absolute Gasteiger partial charge is 0.320 e. The zero-order chi connectivity index (χ0) is 19.1. The first-order valence-electron chi connectivity index (χ1n) is 8.79. The molecule has 0 amide bonds. The Morgan fingerprint density at radius 2 is 2.11 bits per heavy atom. The van der Waals surface area contributed by atoms with E-state index in [4.69, 9.17) is 12.2 Å². The molecule has 0 saturated carbocycles. The molecule has 0 radical (unpaired) electrons. The summed E-state index contributed by atoms with van der Waals surface area (Å²) in [4.78, 5) is 18.3. The van der Waals surface area contributed by atoms with E-state index in [2.05, 4.69) is 25.5 Å². The number of nitrogens with one attached hydrogen (secondary N) is 3. The van der Waals surface area contributed by atoms with Crippen molar-refractivity contribution >= 4 is 18.2 Å². The molecular weight excluding hydrogens is 364 g/mol. The zero-order valence-electron chi connectivity index (χ0n) is 14.8. The van der Waals surface area contributed by atoms with E-state index in [-0.39, 0.29) is 0 Å². The van der Waals surface area contributed by atoms with Crippen LogP contribution in [0.15, 0.2) is 42.9 Å². The van der Waals surface area contributed by atoms with Gasteiger partial charge >= 0.3 is 5.97 Å². The highest BCUT2D eigenvalue weighted by molar-refractivity contribution is 7.71. The van der Waals surface area contributed by atoms with Gasteiger partial charge in [0.1, 0.15) is 6.04 Å². The molecule has 1 aromatic carbocycles. The number of H-pyrrole nitrogens is 2. The Bertz CT molecular complexity index is 904. The van der Waals surface area contributed by atoms with Crippen LogP contribution in [0.4, 0.5) is 0 Å². The van der Waals surface area contributed by atoms with Crippen molar-refractivity contribution in [1.29, 1.82) is 0 Å². The minimum Gasteiger partial charge on any atom is -0.480 e. The summed E-state index contributed by atoms with van der Waals surface area (Å²) < 4.78 is 2.53. The summed E-state index contributed by atoms with van der Waals surface area (Å²) in [7, 11) is 0. The third kappa shape index (κ3) is 5.11. The van der Waals surface area contributed by atoms with Gasteiger partial charge in [-0.15, -0.1) is 0 Å². The van der Waals surface area contributed by atoms with Gasteiger partial charge in [-0.2, -0.15) is 5.10 Å². The van der Waals surface area contributed by atoms with Crippen LogP contribution in [0.2, 0.25) is 0 Å². The summed E-state index contributed by atoms with van der Waals surface area (Å²) in [5, 5.41) is 19.6. The molecule has 0 aliphatic heterocycles. The number of hydrogen-bond acceptors (Lipinski definition) is 5. The van der Waals surface area contributed by atoms with Crippen molar-refractivity contribution in [3.8, 4) is 11.4 Å². The summed E-state index contributed by atoms with van der Waals surface area (Å²) in [5.74, 6) is -0.0489. The van der Waals surface area contributed by atoms with E-state index in [0.29, 0.717) is 24.3 Å². The minimum atomic E-state index is -0.848. The second-order valence-corrected chi connectivity index (χ2v) is 6.60. The van der Waals surface area contributed by atoms with E-state index in [1.807, 2.05) is 34.9 Å². The van der Waals surface area contributed by atoms with Crippen LogP contribution >= 0.6 is 12.2 Å². The molecule has 0 spiro atoms. The lowest BCUT2D eigenvalue weighted by Crippen LogP contribution is -2.36. The Morgan fingerprint density at radius 1 is 1.30 bits per heavy atom. The van der Waals surface area contributed by atoms with Gasteiger partial charge in [-0.25, -0.2) is 4.98 Å². The predicted molar refractivity (Wildman–Crippen MR) is 104 cm³/mol. The first kappa shape index (κ1) is 19.0. The molecule has 4 N–H and O–H groups in total. The standard InChI is InChI=1S/C18H22N6O2S/c25-17(26)15(20-11-14-10-19-12-21-14)8-4-5-9-24-16(22-23-18(24)27)13-6-2-1-3-7-13/h1-3,6-7,10,12,15,20H,4-5,8-9,11H2,(H,19,21)(H,23,27)(H,25,26)/t15-/m0/s1. The van der Waals surface area contributed by atoms with Gasteiger partial charge in [0.2, 0.25) is 0 Å². The Balaban J connectivity index is 1.52. The van der Waals surface area contributed by atoms with Crippen LogP contribution in [0, 0.1) is 4.77 Å². The molecule has 0 fully saturated rings. The van der Waals surface area contributed by atoms with Crippen LogP contribution in [-0.4, -0.2) is 41.9 Å². The predicted octanol–water partition coefficient (Wildman–Crippen LogP) is 2.74. The molecule has 0 saturated heterocycles. The molecular formula is C18H22N6O2S. The van der Waals surface area contributed by atoms with Gasteiger partial charge in [0.25, 0.3) is 0 Å². The fourth-order valence-corrected chi connectivity index (χ4v) is 3.10. The van der Waals surface area contributed by atoms with E-state index in [1.165, 1.54) is 0 Å². The number of hydrogen-bond donors (Lipinski definition) is 4. The fraction of sp³-hybridized carbons (Fsp3) is 0.333. The van der Waals surface area contributed by atoms with E-state index in [9.17, 15) is 9.90 Å². The second-order valence-electron chi connectivity index (χ2n) is 6.21. The van der Waals surface area contributed by atoms with Gasteiger partial charge in [0.05, 0.1) is 6.33 Å². The average Bonchev–Trinajstić information content (AvgIpc) is 3.31. The van der Waals surface area contributed by atoms with Crippen LogP contribution in [-0.2, 0) is 17.9 Å². The number of aliphatic carboxylic acids is 1. The molecule has 3 aromatic rings. The van der Waals surface area contributed by atoms with Crippen molar-refractivity contribution in [1.82, 2.24) is 30.0 Å². The lowest BCUT2D eigenvalue weighted by molar-refractivity contribution is -0.139. The number of carboxylic acid groups (broad SMARTS) is 1. The largest absolute Gasteiger partial charge is 0.480 e. The molecule has 9 heteroatoms. The maximum absolute atomic E-state index is 11.4. The molecule has 0 aliphatic rings. The molecule has 0 aliphatic carbocycles. The second kappa shape index (κ2) is 9.24. The number of benzene rings is 1. The lowest BCUT2D eigenvalue weighted by Gasteiger charge is -2.14. The van der Waals surface area contributed by atoms with Crippen molar-refractivity contribution in [2.75, 3.05) is 0 Å². The molecule has 27 heavy (non-hydrogen) atoms. The molecule has 0 bridgehead atoms. The van der Waals surface area contributed by atoms with E-state index in [1.54, 1.807) is 12.5 Å². The monoisotopic (exact) mass is 386 g/mol. The Kier molecular flexibility index (Phi) is 6.50. The first-order valence-corrected chi connectivity index (χ1v) is 9.20. The SMILES string of the molecule is O=C(O)[C@H](CCCCn1c(-c2ccccc2)n[nH]c1=S)NCc1cnc[nH]1. The number of rotatable bonds is 10. The average molecular weight is 386 g/mol. The Labute approximate surface area is 161 Å². The van der Waals surface area contributed by atoms with Crippen molar-refractivity contribution in [3.05, 3.63) is 53.3 Å². The van der Waals surface area contributed by atoms with Gasteiger partial charge in [-0.3, -0.25) is 15.2 Å². The van der Waals surface area contributed by atoms with Gasteiger partial charge in [0, 0.05) is 30.5 Å². The highest BCUT2D eigenvalue weighted by Crippen LogP contribution is 2.17. The molecule has 2 heterocycles. The van der Waals surface area contributed by atoms with Gasteiger partial charge in [-0.1, -0.05) is 30.3 Å². The van der Waals surface area contributed by atoms with Crippen LogP contribution in [0.5, 0.6) is 0 Å². The van der Waals surface area contributed by atoms with Crippen molar-refractivity contribution < 1.29 is 9.90 Å². The molecule has 1 atom stereocenters. The molecule has 3 rings (SSSR count). The topological polar surface area (TPSA) is 112 Å².